The summed E-state index contributed by atoms with van der Waals surface area (Å²) < 4.78 is 40.6. The first kappa shape index (κ1) is 19.3. The lowest BCUT2D eigenvalue weighted by molar-refractivity contribution is -0.137. The predicted octanol–water partition coefficient (Wildman–Crippen LogP) is 6.80. The molecule has 0 fully saturated rings. The van der Waals surface area contributed by atoms with Crippen molar-refractivity contribution in [3.63, 3.8) is 0 Å². The highest BCUT2D eigenvalue weighted by atomic mass is 79.9. The zero-order valence-electron chi connectivity index (χ0n) is 14.5. The van der Waals surface area contributed by atoms with E-state index in [1.165, 1.54) is 16.6 Å². The minimum absolute atomic E-state index is 0.642. The Morgan fingerprint density at radius 3 is 1.92 bits per heavy atom. The molecule has 0 bridgehead atoms. The van der Waals surface area contributed by atoms with Crippen molar-refractivity contribution in [2.24, 2.45) is 0 Å². The van der Waals surface area contributed by atoms with Crippen LogP contribution in [0.5, 0.6) is 0 Å². The summed E-state index contributed by atoms with van der Waals surface area (Å²) in [5.74, 6) is 0. The monoisotopic (exact) mass is 455 g/mol. The summed E-state index contributed by atoms with van der Waals surface area (Å²) in [6.07, 6.45) is -4.33. The van der Waals surface area contributed by atoms with Crippen LogP contribution in [0.3, 0.4) is 0 Å². The van der Waals surface area contributed by atoms with Crippen molar-refractivity contribution in [3.05, 3.63) is 58.6 Å². The minimum Gasteiger partial charge on any atom is -0.236 e. The van der Waals surface area contributed by atoms with Gasteiger partial charge in [-0.15, -0.1) is 11.3 Å². The summed E-state index contributed by atoms with van der Waals surface area (Å²) >= 11 is 5.03. The molecule has 1 heterocycles. The summed E-state index contributed by atoms with van der Waals surface area (Å²) in [4.78, 5) is 4.80. The maximum Gasteiger partial charge on any atom is 0.416 e. The Morgan fingerprint density at radius 1 is 0.885 bits per heavy atom. The van der Waals surface area contributed by atoms with E-state index in [-0.39, 0.29) is 0 Å². The molecule has 0 saturated carbocycles. The number of alkyl halides is 3. The van der Waals surface area contributed by atoms with E-state index in [1.54, 1.807) is 11.3 Å². The summed E-state index contributed by atoms with van der Waals surface area (Å²) in [6, 6.07) is 13.2. The molecule has 0 aliphatic carbocycles. The number of hydrogen-bond donors (Lipinski definition) is 0. The van der Waals surface area contributed by atoms with Crippen LogP contribution in [0, 0.1) is 0 Å². The largest absolute Gasteiger partial charge is 0.416 e. The van der Waals surface area contributed by atoms with Crippen molar-refractivity contribution >= 4 is 39.8 Å². The third-order valence-corrected chi connectivity index (χ3v) is 9.07. The highest BCUT2D eigenvalue weighted by Crippen LogP contribution is 2.33. The number of hydrogen-bond acceptors (Lipinski definition) is 2. The molecule has 0 N–H and O–H groups in total. The van der Waals surface area contributed by atoms with Crippen LogP contribution in [0.15, 0.2) is 53.0 Å². The van der Waals surface area contributed by atoms with Crippen LogP contribution < -0.4 is 4.50 Å². The average Bonchev–Trinajstić information content (AvgIpc) is 3.00. The smallest absolute Gasteiger partial charge is 0.236 e. The first-order valence-corrected chi connectivity index (χ1v) is 13.1. The number of nitrogens with zero attached hydrogens (tertiary/aromatic N) is 1. The number of benzene rings is 2. The second-order valence-electron chi connectivity index (χ2n) is 7.03. The molecule has 0 aliphatic rings. The Labute approximate surface area is 164 Å². The summed E-state index contributed by atoms with van der Waals surface area (Å²) in [6.45, 7) is 6.75. The number of thiazole rings is 1. The van der Waals surface area contributed by atoms with Gasteiger partial charge in [0.05, 0.1) is 19.3 Å². The second-order valence-corrected chi connectivity index (χ2v) is 14.3. The quantitative estimate of drug-likeness (QED) is 0.395. The minimum atomic E-state index is -4.33. The fourth-order valence-corrected chi connectivity index (χ4v) is 6.09. The molecule has 136 valence electrons. The van der Waals surface area contributed by atoms with E-state index in [2.05, 4.69) is 35.6 Å². The Morgan fingerprint density at radius 2 is 1.42 bits per heavy atom. The van der Waals surface area contributed by atoms with Gasteiger partial charge in [-0.3, -0.25) is 0 Å². The number of aromatic nitrogens is 1. The maximum atomic E-state index is 12.8. The lowest BCUT2D eigenvalue weighted by atomic mass is 10.1. The maximum absolute atomic E-state index is 12.8. The van der Waals surface area contributed by atoms with Gasteiger partial charge in [0.2, 0.25) is 0 Å². The molecule has 1 nitrogen and oxygen atoms in total. The molecule has 0 atom stereocenters. The highest BCUT2D eigenvalue weighted by molar-refractivity contribution is 9.10. The van der Waals surface area contributed by atoms with Crippen LogP contribution in [0.4, 0.5) is 13.2 Å². The summed E-state index contributed by atoms with van der Waals surface area (Å²) in [5, 5.41) is 0.758. The molecule has 2 aromatic carbocycles. The molecule has 0 saturated heterocycles. The molecule has 3 aromatic rings. The summed E-state index contributed by atoms with van der Waals surface area (Å²) in [5.41, 5.74) is 2.04. The first-order chi connectivity index (χ1) is 12.1. The topological polar surface area (TPSA) is 12.9 Å². The van der Waals surface area contributed by atoms with Gasteiger partial charge in [-0.25, -0.2) is 4.98 Å². The first-order valence-electron chi connectivity index (χ1n) is 8.00. The Bertz CT molecular complexity index is 910. The van der Waals surface area contributed by atoms with Gasteiger partial charge in [-0.05, 0) is 24.3 Å². The third-order valence-electron chi connectivity index (χ3n) is 3.89. The van der Waals surface area contributed by atoms with Crippen molar-refractivity contribution in [3.8, 4) is 21.8 Å². The average molecular weight is 456 g/mol. The van der Waals surface area contributed by atoms with E-state index >= 15 is 0 Å². The van der Waals surface area contributed by atoms with Crippen molar-refractivity contribution in [1.29, 1.82) is 0 Å². The lowest BCUT2D eigenvalue weighted by Crippen LogP contribution is -2.36. The molecule has 0 radical (unpaired) electrons. The Hall–Kier alpha value is -1.44. The molecule has 0 aliphatic heterocycles. The second kappa shape index (κ2) is 6.94. The van der Waals surface area contributed by atoms with E-state index in [0.717, 1.165) is 32.9 Å². The number of rotatable bonds is 3. The summed E-state index contributed by atoms with van der Waals surface area (Å²) in [7, 11) is -1.66. The van der Waals surface area contributed by atoms with Crippen molar-refractivity contribution in [2.75, 3.05) is 0 Å². The number of halogens is 4. The normalized spacial score (nSPS) is 12.4. The fourth-order valence-electron chi connectivity index (χ4n) is 2.56. The van der Waals surface area contributed by atoms with Gasteiger partial charge >= 0.3 is 6.18 Å². The lowest BCUT2D eigenvalue weighted by Gasteiger charge is -2.15. The fraction of sp³-hybridized carbons (Fsp3) is 0.211. The van der Waals surface area contributed by atoms with Gasteiger partial charge < -0.3 is 0 Å². The van der Waals surface area contributed by atoms with Gasteiger partial charge in [-0.1, -0.05) is 59.8 Å². The van der Waals surface area contributed by atoms with Crippen LogP contribution >= 0.6 is 27.3 Å². The van der Waals surface area contributed by atoms with Gasteiger partial charge in [0.25, 0.3) is 0 Å². The molecule has 1 aromatic heterocycles. The van der Waals surface area contributed by atoms with Gasteiger partial charge in [0.1, 0.15) is 5.01 Å². The molecule has 3 rings (SSSR count). The third kappa shape index (κ3) is 4.10. The van der Waals surface area contributed by atoms with Crippen LogP contribution in [0.25, 0.3) is 21.8 Å². The molecule has 0 spiro atoms. The standard InChI is InChI=1S/C19H17BrF3NSSi/c1-26(2,3)18-16(12-6-10-15(20)11-7-12)24-17(25-18)13-4-8-14(9-5-13)19(21,22)23/h4-11H,1-3H3. The van der Waals surface area contributed by atoms with Crippen molar-refractivity contribution in [2.45, 2.75) is 25.8 Å². The van der Waals surface area contributed by atoms with Crippen molar-refractivity contribution < 1.29 is 13.2 Å². The van der Waals surface area contributed by atoms with Crippen LogP contribution in [0.1, 0.15) is 5.56 Å². The molecular formula is C19H17BrF3NSSi. The van der Waals surface area contributed by atoms with E-state index in [1.807, 2.05) is 24.3 Å². The van der Waals surface area contributed by atoms with Gasteiger partial charge in [-0.2, -0.15) is 13.2 Å². The Balaban J connectivity index is 2.08. The van der Waals surface area contributed by atoms with Crippen LogP contribution in [-0.4, -0.2) is 13.1 Å². The molecule has 7 heteroatoms. The predicted molar refractivity (Wildman–Crippen MR) is 109 cm³/mol. The van der Waals surface area contributed by atoms with Crippen molar-refractivity contribution in [1.82, 2.24) is 4.98 Å². The Kier molecular flexibility index (Phi) is 5.16. The van der Waals surface area contributed by atoms with Crippen LogP contribution in [-0.2, 0) is 6.18 Å². The zero-order chi connectivity index (χ0) is 19.1. The van der Waals surface area contributed by atoms with Gasteiger partial charge in [0, 0.05) is 20.1 Å². The van der Waals surface area contributed by atoms with Crippen LogP contribution in [0.2, 0.25) is 19.6 Å². The molecule has 0 amide bonds. The van der Waals surface area contributed by atoms with E-state index in [9.17, 15) is 13.2 Å². The van der Waals surface area contributed by atoms with E-state index in [4.69, 9.17) is 4.98 Å². The highest BCUT2D eigenvalue weighted by Gasteiger charge is 2.30. The van der Waals surface area contributed by atoms with E-state index in [0.29, 0.717) is 5.56 Å². The van der Waals surface area contributed by atoms with E-state index < -0.39 is 19.8 Å². The van der Waals surface area contributed by atoms with Gasteiger partial charge in [0.15, 0.2) is 0 Å². The molecule has 0 unspecified atom stereocenters. The SMILES string of the molecule is C[Si](C)(C)c1sc(-c2ccc(C(F)(F)F)cc2)nc1-c1ccc(Br)cc1. The molecular weight excluding hydrogens is 439 g/mol. The molecule has 26 heavy (non-hydrogen) atoms. The zero-order valence-corrected chi connectivity index (χ0v) is 17.9.